The normalized spacial score (nSPS) is 11.3. The quantitative estimate of drug-likeness (QED) is 0.0905. The van der Waals surface area contributed by atoms with Crippen LogP contribution < -0.4 is 20.7 Å². The van der Waals surface area contributed by atoms with Crippen molar-refractivity contribution in [3.8, 4) is 89.8 Å². The summed E-state index contributed by atoms with van der Waals surface area (Å²) in [6.07, 6.45) is 0. The number of benzene rings is 11. The van der Waals surface area contributed by atoms with Gasteiger partial charge < -0.3 is 0 Å². The molecule has 3 nitrogen and oxygen atoms in total. The number of rotatable bonds is 12. The van der Waals surface area contributed by atoms with Gasteiger partial charge in [0.1, 0.15) is 0 Å². The molecule has 0 fully saturated rings. The highest BCUT2D eigenvalue weighted by atomic mass is 28.3. The summed E-state index contributed by atoms with van der Waals surface area (Å²) in [5, 5.41) is 5.37. The standard InChI is InChI=1S/C69H49N3Si/c1-8-24-50(25-9-1)59-48-64(57-33-22-32-56(46-57)51-42-44-55(45-43-51)69-71-67(53-28-12-3-13-29-53)70-68(72-69)54-30-14-4-15-31-54)66(52-26-10-2-11-27-52)65(49-59)58-34-23-41-63(47-58)73(60-35-16-5-17-36-60,61-37-18-6-19-38-61)62-39-20-7-21-40-62/h1-49H. The molecule has 0 N–H and O–H groups in total. The van der Waals surface area contributed by atoms with Crippen molar-refractivity contribution < 1.29 is 0 Å². The van der Waals surface area contributed by atoms with E-state index in [-0.39, 0.29) is 0 Å². The van der Waals surface area contributed by atoms with E-state index in [1.54, 1.807) is 0 Å². The summed E-state index contributed by atoms with van der Waals surface area (Å²) in [5.41, 5.74) is 14.3. The minimum atomic E-state index is -2.83. The van der Waals surface area contributed by atoms with Crippen molar-refractivity contribution in [3.63, 3.8) is 0 Å². The molecule has 344 valence electrons. The van der Waals surface area contributed by atoms with Gasteiger partial charge in [0.05, 0.1) is 0 Å². The van der Waals surface area contributed by atoms with Crippen LogP contribution >= 0.6 is 0 Å². The lowest BCUT2D eigenvalue weighted by atomic mass is 9.84. The van der Waals surface area contributed by atoms with E-state index in [4.69, 9.17) is 15.0 Å². The highest BCUT2D eigenvalue weighted by Crippen LogP contribution is 2.44. The first-order chi connectivity index (χ1) is 36.2. The van der Waals surface area contributed by atoms with Crippen LogP contribution in [-0.2, 0) is 0 Å². The molecule has 0 radical (unpaired) electrons. The monoisotopic (exact) mass is 947 g/mol. The average Bonchev–Trinajstić information content (AvgIpc) is 3.49. The Morgan fingerprint density at radius 2 is 0.493 bits per heavy atom. The van der Waals surface area contributed by atoms with Gasteiger partial charge in [0.25, 0.3) is 0 Å². The molecule has 0 unspecified atom stereocenters. The van der Waals surface area contributed by atoms with Gasteiger partial charge >= 0.3 is 0 Å². The molecule has 0 saturated carbocycles. The summed E-state index contributed by atoms with van der Waals surface area (Å²) in [6, 6.07) is 107. The van der Waals surface area contributed by atoms with Crippen LogP contribution in [0, 0.1) is 0 Å². The second kappa shape index (κ2) is 20.2. The maximum absolute atomic E-state index is 5.01. The summed E-state index contributed by atoms with van der Waals surface area (Å²) < 4.78 is 0. The third kappa shape index (κ3) is 8.93. The Morgan fingerprint density at radius 3 is 0.945 bits per heavy atom. The molecule has 0 aliphatic rings. The molecule has 1 heterocycles. The Morgan fingerprint density at radius 1 is 0.192 bits per heavy atom. The van der Waals surface area contributed by atoms with E-state index in [1.165, 1.54) is 43.0 Å². The largest absolute Gasteiger partial charge is 0.208 e. The van der Waals surface area contributed by atoms with Gasteiger partial charge in [-0.05, 0) is 94.6 Å². The lowest BCUT2D eigenvalue weighted by Crippen LogP contribution is -2.74. The molecule has 0 atom stereocenters. The van der Waals surface area contributed by atoms with E-state index >= 15 is 0 Å². The Balaban J connectivity index is 1.02. The average molecular weight is 948 g/mol. The molecule has 12 aromatic rings. The smallest absolute Gasteiger partial charge is 0.179 e. The SMILES string of the molecule is c1ccc(-c2cc(-c3cccc(-c4ccc(-c5nc(-c6ccccc6)nc(-c6ccccc6)n5)cc4)c3)c(-c3ccccc3)c(-c3cccc([Si](c4ccccc4)(c4ccccc4)c4ccccc4)c3)c2)cc1. The first-order valence-electron chi connectivity index (χ1n) is 24.8. The summed E-state index contributed by atoms with van der Waals surface area (Å²) in [6.45, 7) is 0. The molecule has 0 bridgehead atoms. The minimum absolute atomic E-state index is 0.631. The highest BCUT2D eigenvalue weighted by Gasteiger charge is 2.41. The van der Waals surface area contributed by atoms with E-state index in [2.05, 4.69) is 237 Å². The maximum atomic E-state index is 5.01. The molecule has 0 saturated heterocycles. The molecule has 12 rings (SSSR count). The van der Waals surface area contributed by atoms with Gasteiger partial charge in [-0.3, -0.25) is 0 Å². The second-order valence-electron chi connectivity index (χ2n) is 18.3. The van der Waals surface area contributed by atoms with E-state index in [1.807, 2.05) is 60.7 Å². The fourth-order valence-electron chi connectivity index (χ4n) is 10.4. The van der Waals surface area contributed by atoms with Crippen molar-refractivity contribution in [1.29, 1.82) is 0 Å². The van der Waals surface area contributed by atoms with Gasteiger partial charge in [-0.25, -0.2) is 15.0 Å². The first kappa shape index (κ1) is 44.8. The zero-order valence-corrected chi connectivity index (χ0v) is 41.1. The molecule has 73 heavy (non-hydrogen) atoms. The van der Waals surface area contributed by atoms with Crippen LogP contribution in [0.25, 0.3) is 89.8 Å². The van der Waals surface area contributed by atoms with E-state index in [0.717, 1.165) is 50.1 Å². The van der Waals surface area contributed by atoms with Gasteiger partial charge in [-0.2, -0.15) is 0 Å². The number of hydrogen-bond donors (Lipinski definition) is 0. The molecule has 0 aliphatic heterocycles. The topological polar surface area (TPSA) is 38.7 Å². The summed E-state index contributed by atoms with van der Waals surface area (Å²) >= 11 is 0. The van der Waals surface area contributed by atoms with Crippen LogP contribution in [0.2, 0.25) is 0 Å². The van der Waals surface area contributed by atoms with Gasteiger partial charge in [0, 0.05) is 16.7 Å². The van der Waals surface area contributed by atoms with Crippen molar-refractivity contribution in [2.45, 2.75) is 0 Å². The molecule has 11 aromatic carbocycles. The summed E-state index contributed by atoms with van der Waals surface area (Å²) in [7, 11) is -2.83. The predicted molar refractivity (Wildman–Crippen MR) is 307 cm³/mol. The van der Waals surface area contributed by atoms with Gasteiger partial charge in [-0.1, -0.05) is 279 Å². The molecular weight excluding hydrogens is 899 g/mol. The fourth-order valence-corrected chi connectivity index (χ4v) is 15.2. The fraction of sp³-hybridized carbons (Fsp3) is 0. The molecule has 0 spiro atoms. The zero-order valence-electron chi connectivity index (χ0n) is 40.1. The van der Waals surface area contributed by atoms with Crippen LogP contribution in [0.15, 0.2) is 297 Å². The molecule has 4 heteroatoms. The van der Waals surface area contributed by atoms with Crippen LogP contribution in [0.5, 0.6) is 0 Å². The van der Waals surface area contributed by atoms with Gasteiger partial charge in [0.15, 0.2) is 25.5 Å². The third-order valence-electron chi connectivity index (χ3n) is 13.9. The van der Waals surface area contributed by atoms with Crippen LogP contribution in [0.3, 0.4) is 0 Å². The van der Waals surface area contributed by atoms with E-state index in [0.29, 0.717) is 17.5 Å². The second-order valence-corrected chi connectivity index (χ2v) is 22.1. The van der Waals surface area contributed by atoms with Crippen molar-refractivity contribution in [1.82, 2.24) is 15.0 Å². The molecule has 1 aromatic heterocycles. The van der Waals surface area contributed by atoms with Crippen LogP contribution in [-0.4, -0.2) is 23.0 Å². The van der Waals surface area contributed by atoms with Crippen molar-refractivity contribution in [2.24, 2.45) is 0 Å². The molecule has 0 amide bonds. The van der Waals surface area contributed by atoms with Crippen molar-refractivity contribution >= 4 is 28.8 Å². The summed E-state index contributed by atoms with van der Waals surface area (Å²) in [5.74, 6) is 1.92. The van der Waals surface area contributed by atoms with E-state index in [9.17, 15) is 0 Å². The summed E-state index contributed by atoms with van der Waals surface area (Å²) in [4.78, 5) is 14.9. The Hall–Kier alpha value is -9.35. The lowest BCUT2D eigenvalue weighted by Gasteiger charge is -2.34. The Labute approximate surface area is 428 Å². The number of hydrogen-bond acceptors (Lipinski definition) is 3. The van der Waals surface area contributed by atoms with Crippen LogP contribution in [0.1, 0.15) is 0 Å². The van der Waals surface area contributed by atoms with E-state index < -0.39 is 8.07 Å². The highest BCUT2D eigenvalue weighted by molar-refractivity contribution is 7.19. The predicted octanol–water partition coefficient (Wildman–Crippen LogP) is 14.6. The van der Waals surface area contributed by atoms with Crippen molar-refractivity contribution in [3.05, 3.63) is 297 Å². The first-order valence-corrected chi connectivity index (χ1v) is 26.8. The molecule has 0 aliphatic carbocycles. The third-order valence-corrected chi connectivity index (χ3v) is 18.7. The minimum Gasteiger partial charge on any atom is -0.208 e. The zero-order chi connectivity index (χ0) is 48.8. The van der Waals surface area contributed by atoms with Gasteiger partial charge in [-0.15, -0.1) is 0 Å². The number of aromatic nitrogens is 3. The van der Waals surface area contributed by atoms with Crippen LogP contribution in [0.4, 0.5) is 0 Å². The van der Waals surface area contributed by atoms with Gasteiger partial charge in [0.2, 0.25) is 0 Å². The lowest BCUT2D eigenvalue weighted by molar-refractivity contribution is 1.07. The molecular formula is C69H49N3Si. The van der Waals surface area contributed by atoms with Crippen molar-refractivity contribution in [2.75, 3.05) is 0 Å². The Bertz CT molecular complexity index is 3640. The number of nitrogens with zero attached hydrogens (tertiary/aromatic N) is 3. The maximum Gasteiger partial charge on any atom is 0.179 e. The Kier molecular flexibility index (Phi) is 12.4.